The Bertz CT molecular complexity index is 5160. The molecule has 0 aliphatic carbocycles. The second-order valence-corrected chi connectivity index (χ2v) is 21.9. The number of furan rings is 2. The van der Waals surface area contributed by atoms with Gasteiger partial charge in [-0.1, -0.05) is 237 Å². The van der Waals surface area contributed by atoms with Crippen molar-refractivity contribution in [2.45, 2.75) is 0 Å². The molecule has 0 unspecified atom stereocenters. The van der Waals surface area contributed by atoms with E-state index < -0.39 is 0 Å². The van der Waals surface area contributed by atoms with Crippen LogP contribution in [0.4, 0.5) is 0 Å². The van der Waals surface area contributed by atoms with Gasteiger partial charge in [-0.05, 0) is 128 Å². The van der Waals surface area contributed by atoms with E-state index in [1.165, 1.54) is 0 Å². The molecule has 12 aromatic carbocycles. The highest BCUT2D eigenvalue weighted by atomic mass is 16.3. The molecule has 0 radical (unpaired) electrons. The molecule has 0 atom stereocenters. The Hall–Kier alpha value is -11.7. The van der Waals surface area contributed by atoms with Crippen molar-refractivity contribution < 1.29 is 8.83 Å². The zero-order valence-corrected chi connectivity index (χ0v) is 47.2. The van der Waals surface area contributed by atoms with Gasteiger partial charge >= 0.3 is 0 Å². The van der Waals surface area contributed by atoms with Crippen molar-refractivity contribution in [3.63, 3.8) is 0 Å². The third-order valence-corrected chi connectivity index (χ3v) is 16.7. The van der Waals surface area contributed by atoms with Gasteiger partial charge in [-0.15, -0.1) is 0 Å². The van der Waals surface area contributed by atoms with Gasteiger partial charge in [0.05, 0.1) is 16.7 Å². The van der Waals surface area contributed by atoms with Crippen molar-refractivity contribution in [1.29, 1.82) is 0 Å². The molecular weight excluding hydrogens is 1060 g/mol. The number of allylic oxidation sites excluding steroid dienone is 4. The quantitative estimate of drug-likeness (QED) is 0.114. The number of aromatic nitrogens is 4. The van der Waals surface area contributed by atoms with Crippen LogP contribution >= 0.6 is 0 Å². The van der Waals surface area contributed by atoms with E-state index in [0.29, 0.717) is 17.5 Å². The van der Waals surface area contributed by atoms with Crippen LogP contribution in [0.15, 0.2) is 313 Å². The van der Waals surface area contributed by atoms with Crippen LogP contribution in [0.5, 0.6) is 0 Å². The largest absolute Gasteiger partial charge is 0.456 e. The van der Waals surface area contributed by atoms with Gasteiger partial charge in [0, 0.05) is 54.6 Å². The summed E-state index contributed by atoms with van der Waals surface area (Å²) in [5.41, 5.74) is 20.5. The molecule has 0 saturated heterocycles. The van der Waals surface area contributed by atoms with E-state index in [1.54, 1.807) is 0 Å². The fourth-order valence-corrected chi connectivity index (χ4v) is 12.4. The highest BCUT2D eigenvalue weighted by molar-refractivity contribution is 6.13. The molecule has 0 N–H and O–H groups in total. The van der Waals surface area contributed by atoms with Crippen molar-refractivity contribution in [2.75, 3.05) is 0 Å². The number of nitrogens with zero attached hydrogens (tertiary/aromatic N) is 4. The molecule has 0 spiro atoms. The molecule has 0 bridgehead atoms. The van der Waals surface area contributed by atoms with Crippen LogP contribution in [0.1, 0.15) is 11.1 Å². The van der Waals surface area contributed by atoms with E-state index in [0.717, 1.165) is 149 Å². The van der Waals surface area contributed by atoms with Crippen LogP contribution in [-0.2, 0) is 0 Å². The van der Waals surface area contributed by atoms with E-state index in [2.05, 4.69) is 254 Å². The number of para-hydroxylation sites is 2. The summed E-state index contributed by atoms with van der Waals surface area (Å²) in [5.74, 6) is 1.51. The van der Waals surface area contributed by atoms with Gasteiger partial charge < -0.3 is 13.4 Å². The van der Waals surface area contributed by atoms with Crippen LogP contribution in [0.3, 0.4) is 0 Å². The molecule has 0 aliphatic rings. The minimum atomic E-state index is 0.501. The first kappa shape index (κ1) is 51.0. The molecule has 87 heavy (non-hydrogen) atoms. The lowest BCUT2D eigenvalue weighted by Gasteiger charge is -2.20. The average molecular weight is 1110 g/mol. The minimum Gasteiger partial charge on any atom is -0.456 e. The van der Waals surface area contributed by atoms with Crippen molar-refractivity contribution in [1.82, 2.24) is 19.5 Å². The topological polar surface area (TPSA) is 69.9 Å². The lowest BCUT2D eigenvalue weighted by molar-refractivity contribution is 0.668. The second-order valence-electron chi connectivity index (χ2n) is 21.9. The molecule has 4 heterocycles. The fourth-order valence-electron chi connectivity index (χ4n) is 12.4. The van der Waals surface area contributed by atoms with Gasteiger partial charge in [-0.2, -0.15) is 0 Å². The molecule has 0 fully saturated rings. The van der Waals surface area contributed by atoms with Crippen LogP contribution < -0.4 is 0 Å². The smallest absolute Gasteiger partial charge is 0.164 e. The molecule has 0 aliphatic heterocycles. The summed E-state index contributed by atoms with van der Waals surface area (Å²) in [6.45, 7) is 4.27. The predicted molar refractivity (Wildman–Crippen MR) is 360 cm³/mol. The highest BCUT2D eigenvalue weighted by Crippen LogP contribution is 2.44. The number of hydrogen-bond donors (Lipinski definition) is 0. The number of benzene rings is 12. The summed E-state index contributed by atoms with van der Waals surface area (Å²) in [6.07, 6.45) is 8.41. The summed E-state index contributed by atoms with van der Waals surface area (Å²) < 4.78 is 15.4. The zero-order valence-electron chi connectivity index (χ0n) is 47.2. The van der Waals surface area contributed by atoms with E-state index in [9.17, 15) is 0 Å². The first-order valence-corrected chi connectivity index (χ1v) is 29.2. The fraction of sp³-hybridized carbons (Fsp3) is 0. The third-order valence-electron chi connectivity index (χ3n) is 16.7. The first-order chi connectivity index (χ1) is 43.0. The minimum absolute atomic E-state index is 0.501. The third kappa shape index (κ3) is 9.30. The van der Waals surface area contributed by atoms with Crippen LogP contribution in [0.25, 0.3) is 162 Å². The van der Waals surface area contributed by atoms with E-state index >= 15 is 0 Å². The Morgan fingerprint density at radius 1 is 0.333 bits per heavy atom. The maximum atomic E-state index is 6.49. The predicted octanol–water partition coefficient (Wildman–Crippen LogP) is 21.7. The molecule has 16 rings (SSSR count). The molecule has 6 nitrogen and oxygen atoms in total. The van der Waals surface area contributed by atoms with Crippen molar-refractivity contribution in [3.05, 3.63) is 315 Å². The van der Waals surface area contributed by atoms with Gasteiger partial charge in [0.1, 0.15) is 22.3 Å². The average Bonchev–Trinajstić information content (AvgIpc) is 1.71. The van der Waals surface area contributed by atoms with Crippen molar-refractivity contribution in [3.8, 4) is 84.4 Å². The second kappa shape index (κ2) is 21.5. The van der Waals surface area contributed by atoms with Gasteiger partial charge in [-0.25, -0.2) is 15.0 Å². The maximum absolute atomic E-state index is 6.49. The lowest BCUT2D eigenvalue weighted by atomic mass is 9.94. The summed E-state index contributed by atoms with van der Waals surface area (Å²) in [7, 11) is 0. The molecule has 0 saturated carbocycles. The van der Waals surface area contributed by atoms with Gasteiger partial charge in [0.15, 0.2) is 17.5 Å². The number of rotatable bonds is 12. The van der Waals surface area contributed by atoms with Crippen molar-refractivity contribution >= 4 is 77.3 Å². The van der Waals surface area contributed by atoms with Crippen LogP contribution in [0.2, 0.25) is 0 Å². The Kier molecular flexibility index (Phi) is 12.6. The molecule has 408 valence electrons. The zero-order chi connectivity index (χ0) is 57.8. The summed E-state index contributed by atoms with van der Waals surface area (Å²) in [4.78, 5) is 16.3. The Morgan fingerprint density at radius 3 is 1.26 bits per heavy atom. The normalized spacial score (nSPS) is 12.0. The van der Waals surface area contributed by atoms with Gasteiger partial charge in [0.25, 0.3) is 0 Å². The monoisotopic (exact) mass is 1110 g/mol. The van der Waals surface area contributed by atoms with E-state index in [4.69, 9.17) is 23.8 Å². The summed E-state index contributed by atoms with van der Waals surface area (Å²) in [6, 6.07) is 98.2. The van der Waals surface area contributed by atoms with Gasteiger partial charge in [0.2, 0.25) is 0 Å². The summed E-state index contributed by atoms with van der Waals surface area (Å²) >= 11 is 0. The van der Waals surface area contributed by atoms with Crippen molar-refractivity contribution in [2.24, 2.45) is 0 Å². The summed E-state index contributed by atoms with van der Waals surface area (Å²) in [5, 5.41) is 6.42. The van der Waals surface area contributed by atoms with E-state index in [-0.39, 0.29) is 0 Å². The lowest BCUT2D eigenvalue weighted by Crippen LogP contribution is -2.04. The maximum Gasteiger partial charge on any atom is 0.164 e. The Morgan fingerprint density at radius 2 is 0.747 bits per heavy atom. The highest BCUT2D eigenvalue weighted by Gasteiger charge is 2.24. The Labute approximate surface area is 502 Å². The SMILES string of the molecule is C=C/C(=C\C=C\c1cc(-c2nc(-c3ccc4c(c3)oc3ccccc34)nc(-c3ccc4c(c3)oc3ccccc34)n2)cc(-c2ccc(-c3ccccc3)cc2)c1-n1c2ccc(-c3ccccc3)cc2c2cc(-c3ccccc3)ccc21)c1ccccc1. The van der Waals surface area contributed by atoms with E-state index in [1.807, 2.05) is 60.7 Å². The molecule has 0 amide bonds. The molecule has 6 heteroatoms. The Balaban J connectivity index is 0.983. The molecule has 16 aromatic rings. The molecule has 4 aromatic heterocycles. The molecular formula is C81H52N4O2. The van der Waals surface area contributed by atoms with Crippen LogP contribution in [0, 0.1) is 0 Å². The standard InChI is InChI=1S/C81H52N4O2/c1-2-52(53-20-7-3-8-21-53)28-19-29-61-46-64(81-83-79(62-38-42-67-65-30-15-17-32-74(65)86-76(67)50-62)82-80(84-81)63-39-43-68-66-31-16-18-33-75(66)87-77(68)51-63)49-69(58-36-34-57(35-37-58)54-22-9-4-10-23-54)78(61)85-72-44-40-59(55-24-11-5-12-25-55)47-70(72)71-48-60(41-45-73(71)85)56-26-13-6-14-27-56/h2-51H,1H2/b29-19+,52-28+. The number of fused-ring (bicyclic) bond motifs is 9. The first-order valence-electron chi connectivity index (χ1n) is 29.2. The van der Waals surface area contributed by atoms with Crippen LogP contribution in [-0.4, -0.2) is 19.5 Å². The number of hydrogen-bond acceptors (Lipinski definition) is 5. The van der Waals surface area contributed by atoms with Gasteiger partial charge in [-0.3, -0.25) is 0 Å².